The minimum atomic E-state index is 0.208. The molecule has 1 aliphatic heterocycles. The number of nitrogens with zero attached hydrogens (tertiary/aromatic N) is 2. The Kier molecular flexibility index (Phi) is 6.70. The molecule has 2 heterocycles. The fourth-order valence-corrected chi connectivity index (χ4v) is 4.92. The maximum Gasteiger partial charge on any atom is 0.226 e. The molecule has 2 aliphatic rings. The molecule has 1 aromatic carbocycles. The third-order valence-corrected chi connectivity index (χ3v) is 6.54. The van der Waals surface area contributed by atoms with E-state index in [2.05, 4.69) is 21.9 Å². The van der Waals surface area contributed by atoms with Crippen molar-refractivity contribution in [2.24, 2.45) is 0 Å². The van der Waals surface area contributed by atoms with Crippen molar-refractivity contribution in [1.29, 1.82) is 0 Å². The third-order valence-electron chi connectivity index (χ3n) is 6.54. The number of hydrogen-bond acceptors (Lipinski definition) is 3. The molecule has 0 unspecified atom stereocenters. The molecule has 2 aromatic rings. The Labute approximate surface area is 174 Å². The predicted octanol–water partition coefficient (Wildman–Crippen LogP) is 5.92. The smallest absolute Gasteiger partial charge is 0.226 e. The first-order valence-electron chi connectivity index (χ1n) is 11.4. The minimum Gasteiger partial charge on any atom is -0.464 e. The van der Waals surface area contributed by atoms with Crippen LogP contribution in [-0.2, 0) is 4.79 Å². The van der Waals surface area contributed by atoms with E-state index in [-0.39, 0.29) is 11.9 Å². The van der Waals surface area contributed by atoms with Gasteiger partial charge in [0.15, 0.2) is 0 Å². The number of carbonyl (C=O) groups excluding carboxylic acids is 1. The first-order valence-corrected chi connectivity index (χ1v) is 11.4. The molecule has 0 atom stereocenters. The van der Waals surface area contributed by atoms with Gasteiger partial charge in [-0.1, -0.05) is 37.5 Å². The molecular weight excluding hydrogens is 360 g/mol. The summed E-state index contributed by atoms with van der Waals surface area (Å²) in [6, 6.07) is 8.28. The van der Waals surface area contributed by atoms with Crippen molar-refractivity contribution in [1.82, 2.24) is 4.90 Å². The average molecular weight is 395 g/mol. The zero-order chi connectivity index (χ0) is 20.1. The summed E-state index contributed by atoms with van der Waals surface area (Å²) in [5.41, 5.74) is 3.49. The second-order valence-corrected chi connectivity index (χ2v) is 8.55. The Morgan fingerprint density at radius 1 is 1.14 bits per heavy atom. The summed E-state index contributed by atoms with van der Waals surface area (Å²) in [7, 11) is 0. The van der Waals surface area contributed by atoms with E-state index in [4.69, 9.17) is 4.42 Å². The Morgan fingerprint density at radius 2 is 1.97 bits per heavy atom. The third kappa shape index (κ3) is 4.75. The lowest BCUT2D eigenvalue weighted by molar-refractivity contribution is -0.119. The summed E-state index contributed by atoms with van der Waals surface area (Å²) >= 11 is 0. The molecule has 1 aromatic heterocycles. The Hall–Kier alpha value is -2.07. The maximum atomic E-state index is 12.9. The zero-order valence-electron chi connectivity index (χ0n) is 17.7. The fourth-order valence-electron chi connectivity index (χ4n) is 4.92. The van der Waals surface area contributed by atoms with E-state index >= 15 is 0 Å². The van der Waals surface area contributed by atoms with Crippen molar-refractivity contribution in [2.45, 2.75) is 70.8 Å². The van der Waals surface area contributed by atoms with Crippen LogP contribution in [0.25, 0.3) is 11.0 Å². The number of piperidine rings is 1. The van der Waals surface area contributed by atoms with Gasteiger partial charge in [0, 0.05) is 37.5 Å². The number of rotatable bonds is 5. The van der Waals surface area contributed by atoms with E-state index in [0.29, 0.717) is 6.42 Å². The predicted molar refractivity (Wildman–Crippen MR) is 119 cm³/mol. The fraction of sp³-hybridized carbons (Fsp3) is 0.560. The van der Waals surface area contributed by atoms with Gasteiger partial charge in [-0.3, -0.25) is 9.69 Å². The van der Waals surface area contributed by atoms with Crippen molar-refractivity contribution in [3.8, 4) is 0 Å². The van der Waals surface area contributed by atoms with E-state index < -0.39 is 0 Å². The van der Waals surface area contributed by atoms with Crippen molar-refractivity contribution in [3.63, 3.8) is 0 Å². The number of anilines is 1. The van der Waals surface area contributed by atoms with Crippen molar-refractivity contribution in [3.05, 3.63) is 42.2 Å². The molecule has 4 heteroatoms. The summed E-state index contributed by atoms with van der Waals surface area (Å²) in [6.07, 6.45) is 14.8. The lowest BCUT2D eigenvalue weighted by Crippen LogP contribution is -2.48. The van der Waals surface area contributed by atoms with Gasteiger partial charge in [0.2, 0.25) is 5.91 Å². The van der Waals surface area contributed by atoms with E-state index in [1.54, 1.807) is 11.8 Å². The second-order valence-electron chi connectivity index (χ2n) is 8.55. The van der Waals surface area contributed by atoms with Gasteiger partial charge in [0.25, 0.3) is 0 Å². The number of allylic oxidation sites excluding steroid dienone is 1. The number of likely N-dealkylation sites (tertiary alicyclic amines) is 1. The highest BCUT2D eigenvalue weighted by molar-refractivity contribution is 6.02. The van der Waals surface area contributed by atoms with Gasteiger partial charge in [0.1, 0.15) is 5.58 Å². The van der Waals surface area contributed by atoms with Crippen LogP contribution in [0.3, 0.4) is 0 Å². The molecule has 29 heavy (non-hydrogen) atoms. The molecule has 4 nitrogen and oxygen atoms in total. The van der Waals surface area contributed by atoms with Gasteiger partial charge in [-0.2, -0.15) is 0 Å². The van der Waals surface area contributed by atoms with E-state index in [0.717, 1.165) is 49.1 Å². The molecular formula is C25H34N2O2. The first-order chi connectivity index (χ1) is 14.3. The topological polar surface area (TPSA) is 36.7 Å². The molecule has 1 saturated heterocycles. The van der Waals surface area contributed by atoms with Gasteiger partial charge >= 0.3 is 0 Å². The average Bonchev–Trinajstić information content (AvgIpc) is 3.21. The number of benzene rings is 1. The minimum absolute atomic E-state index is 0.208. The van der Waals surface area contributed by atoms with Gasteiger partial charge in [-0.05, 0) is 56.7 Å². The van der Waals surface area contributed by atoms with E-state index in [1.165, 1.54) is 38.5 Å². The molecule has 1 aliphatic carbocycles. The molecule has 156 valence electrons. The molecule has 0 bridgehead atoms. The Morgan fingerprint density at radius 3 is 2.79 bits per heavy atom. The molecule has 0 radical (unpaired) electrons. The number of carbonyl (C=O) groups is 1. The van der Waals surface area contributed by atoms with Crippen LogP contribution in [-0.4, -0.2) is 36.5 Å². The van der Waals surface area contributed by atoms with Gasteiger partial charge in [0.05, 0.1) is 12.0 Å². The highest BCUT2D eigenvalue weighted by atomic mass is 16.3. The van der Waals surface area contributed by atoms with E-state index in [1.807, 2.05) is 25.1 Å². The van der Waals surface area contributed by atoms with Crippen LogP contribution in [0.5, 0.6) is 0 Å². The van der Waals surface area contributed by atoms with Crippen LogP contribution >= 0.6 is 0 Å². The highest BCUT2D eigenvalue weighted by Crippen LogP contribution is 2.32. The number of amides is 1. The largest absolute Gasteiger partial charge is 0.464 e. The SMILES string of the molecule is CCC(=O)N(c1cccc2occc12)C1CCN(C/C2=C/CCCCCC2)CC1. The molecule has 0 N–H and O–H groups in total. The monoisotopic (exact) mass is 394 g/mol. The Balaban J connectivity index is 1.45. The van der Waals surface area contributed by atoms with Crippen molar-refractivity contribution in [2.75, 3.05) is 24.5 Å². The maximum absolute atomic E-state index is 12.9. The molecule has 1 amide bonds. The van der Waals surface area contributed by atoms with Crippen LogP contribution in [0, 0.1) is 0 Å². The van der Waals surface area contributed by atoms with Gasteiger partial charge in [-0.15, -0.1) is 0 Å². The van der Waals surface area contributed by atoms with Crippen molar-refractivity contribution >= 4 is 22.6 Å². The van der Waals surface area contributed by atoms with Crippen LogP contribution in [0.4, 0.5) is 5.69 Å². The first kappa shape index (κ1) is 20.2. The quantitative estimate of drug-likeness (QED) is 0.591. The highest BCUT2D eigenvalue weighted by Gasteiger charge is 2.29. The lowest BCUT2D eigenvalue weighted by atomic mass is 9.97. The van der Waals surface area contributed by atoms with Crippen LogP contribution < -0.4 is 4.90 Å². The summed E-state index contributed by atoms with van der Waals surface area (Å²) in [4.78, 5) is 17.6. The Bertz CT molecular complexity index is 845. The standard InChI is InChI=1S/C25H34N2O2/c1-2-25(28)27(23-11-8-12-24-22(23)15-18-29-24)21-13-16-26(17-14-21)19-20-9-6-4-3-5-7-10-20/h8-9,11-12,15,18,21H,2-7,10,13-14,16-17,19H2,1H3/b20-9+. The van der Waals surface area contributed by atoms with Gasteiger partial charge in [-0.25, -0.2) is 0 Å². The summed E-state index contributed by atoms with van der Waals surface area (Å²) in [6.45, 7) is 5.21. The number of fused-ring (bicyclic) bond motifs is 1. The molecule has 0 spiro atoms. The van der Waals surface area contributed by atoms with Crippen molar-refractivity contribution < 1.29 is 9.21 Å². The zero-order valence-corrected chi connectivity index (χ0v) is 17.7. The summed E-state index contributed by atoms with van der Waals surface area (Å²) in [5, 5.41) is 1.04. The molecule has 0 saturated carbocycles. The number of furan rings is 1. The number of hydrogen-bond donors (Lipinski definition) is 0. The van der Waals surface area contributed by atoms with Gasteiger partial charge < -0.3 is 9.32 Å². The van der Waals surface area contributed by atoms with E-state index in [9.17, 15) is 4.79 Å². The molecule has 1 fully saturated rings. The summed E-state index contributed by atoms with van der Waals surface area (Å²) < 4.78 is 5.58. The lowest BCUT2D eigenvalue weighted by Gasteiger charge is -2.39. The van der Waals surface area contributed by atoms with Crippen LogP contribution in [0.15, 0.2) is 46.6 Å². The summed E-state index contributed by atoms with van der Waals surface area (Å²) in [5.74, 6) is 0.208. The molecule has 4 rings (SSSR count). The van der Waals surface area contributed by atoms with Crippen LogP contribution in [0.2, 0.25) is 0 Å². The normalized spacial score (nSPS) is 21.3. The second kappa shape index (κ2) is 9.62. The van der Waals surface area contributed by atoms with Crippen LogP contribution in [0.1, 0.15) is 64.7 Å².